The number of aromatic amines is 1. The van der Waals surface area contributed by atoms with Crippen LogP contribution in [0.2, 0.25) is 0 Å². The van der Waals surface area contributed by atoms with Gasteiger partial charge in [0.05, 0.1) is 5.69 Å². The van der Waals surface area contributed by atoms with Crippen molar-refractivity contribution in [3.05, 3.63) is 72.1 Å². The number of nitrogens with zero attached hydrogens (tertiary/aromatic N) is 5. The molecule has 0 fully saturated rings. The molecular weight excluding hydrogens is 324 g/mol. The molecule has 4 aromatic rings. The summed E-state index contributed by atoms with van der Waals surface area (Å²) < 4.78 is 0. The zero-order chi connectivity index (χ0) is 17.3. The summed E-state index contributed by atoms with van der Waals surface area (Å²) in [5, 5.41) is 1.20. The zero-order valence-electron chi connectivity index (χ0n) is 14.3. The Labute approximate surface area is 151 Å². The van der Waals surface area contributed by atoms with Crippen LogP contribution in [-0.2, 0) is 19.5 Å². The summed E-state index contributed by atoms with van der Waals surface area (Å²) in [6, 6.07) is 8.01. The molecule has 1 aliphatic heterocycles. The molecule has 6 nitrogen and oxygen atoms in total. The number of pyridine rings is 2. The van der Waals surface area contributed by atoms with Crippen molar-refractivity contribution in [3.8, 4) is 11.4 Å². The molecule has 0 saturated heterocycles. The van der Waals surface area contributed by atoms with E-state index in [1.807, 2.05) is 36.8 Å². The second kappa shape index (κ2) is 6.31. The minimum Gasteiger partial charge on any atom is -0.346 e. The zero-order valence-corrected chi connectivity index (χ0v) is 14.3. The van der Waals surface area contributed by atoms with E-state index in [4.69, 9.17) is 4.98 Å². The number of hydrogen-bond donors (Lipinski definition) is 1. The first-order valence-electron chi connectivity index (χ1n) is 8.75. The Bertz CT molecular complexity index is 1060. The van der Waals surface area contributed by atoms with Gasteiger partial charge in [0.2, 0.25) is 0 Å². The van der Waals surface area contributed by atoms with E-state index in [1.165, 1.54) is 16.5 Å². The third-order valence-electron chi connectivity index (χ3n) is 4.86. The van der Waals surface area contributed by atoms with Crippen LogP contribution in [0.5, 0.6) is 0 Å². The molecule has 1 N–H and O–H groups in total. The maximum absolute atomic E-state index is 4.77. The molecule has 0 aromatic carbocycles. The summed E-state index contributed by atoms with van der Waals surface area (Å²) in [6.07, 6.45) is 10.4. The number of rotatable bonds is 3. The van der Waals surface area contributed by atoms with Crippen LogP contribution in [0.15, 0.2) is 55.2 Å². The lowest BCUT2D eigenvalue weighted by atomic mass is 10.1. The predicted octanol–water partition coefficient (Wildman–Crippen LogP) is 2.97. The van der Waals surface area contributed by atoms with E-state index in [0.717, 1.165) is 48.8 Å². The Kier molecular flexibility index (Phi) is 3.68. The molecule has 0 spiro atoms. The summed E-state index contributed by atoms with van der Waals surface area (Å²) in [7, 11) is 0. The van der Waals surface area contributed by atoms with Crippen molar-refractivity contribution in [1.82, 2.24) is 29.8 Å². The van der Waals surface area contributed by atoms with Crippen LogP contribution < -0.4 is 0 Å². The SMILES string of the molecule is c1cncc(-c2ncc3c(n2)CCN(Cc2c[nH]c4ncccc24)C3)c1. The van der Waals surface area contributed by atoms with E-state index in [9.17, 15) is 0 Å². The minimum absolute atomic E-state index is 0.757. The Morgan fingerprint density at radius 2 is 2.04 bits per heavy atom. The fourth-order valence-electron chi connectivity index (χ4n) is 3.53. The third-order valence-corrected chi connectivity index (χ3v) is 4.86. The molecule has 0 aliphatic carbocycles. The second-order valence-corrected chi connectivity index (χ2v) is 6.58. The lowest BCUT2D eigenvalue weighted by molar-refractivity contribution is 0.244. The van der Waals surface area contributed by atoms with Gasteiger partial charge in [-0.1, -0.05) is 0 Å². The fraction of sp³-hybridized carbons (Fsp3) is 0.200. The number of hydrogen-bond acceptors (Lipinski definition) is 5. The van der Waals surface area contributed by atoms with Crippen molar-refractivity contribution >= 4 is 11.0 Å². The average molecular weight is 342 g/mol. The minimum atomic E-state index is 0.757. The van der Waals surface area contributed by atoms with Gasteiger partial charge in [-0.3, -0.25) is 9.88 Å². The molecule has 128 valence electrons. The molecular formula is C20H18N6. The Balaban J connectivity index is 1.37. The van der Waals surface area contributed by atoms with E-state index >= 15 is 0 Å². The molecule has 0 saturated carbocycles. The lowest BCUT2D eigenvalue weighted by Gasteiger charge is -2.27. The van der Waals surface area contributed by atoms with Gasteiger partial charge in [0.1, 0.15) is 5.65 Å². The average Bonchev–Trinajstić information content (AvgIpc) is 3.11. The molecule has 0 unspecified atom stereocenters. The van der Waals surface area contributed by atoms with Crippen LogP contribution in [0.3, 0.4) is 0 Å². The highest BCUT2D eigenvalue weighted by Crippen LogP contribution is 2.23. The fourth-order valence-corrected chi connectivity index (χ4v) is 3.53. The normalized spacial score (nSPS) is 14.5. The standard InChI is InChI=1S/C20H18N6/c1-3-14(9-21-6-1)19-23-11-16-13-26(8-5-18(16)25-19)12-15-10-24-20-17(15)4-2-7-22-20/h1-4,6-7,9-11H,5,8,12-13H2,(H,22,24). The van der Waals surface area contributed by atoms with Crippen molar-refractivity contribution < 1.29 is 0 Å². The highest BCUT2D eigenvalue weighted by Gasteiger charge is 2.20. The van der Waals surface area contributed by atoms with Crippen molar-refractivity contribution in [3.63, 3.8) is 0 Å². The molecule has 5 heterocycles. The highest BCUT2D eigenvalue weighted by molar-refractivity contribution is 5.79. The van der Waals surface area contributed by atoms with E-state index in [1.54, 1.807) is 6.20 Å². The van der Waals surface area contributed by atoms with E-state index in [-0.39, 0.29) is 0 Å². The number of H-pyrrole nitrogens is 1. The van der Waals surface area contributed by atoms with Crippen molar-refractivity contribution in [2.24, 2.45) is 0 Å². The van der Waals surface area contributed by atoms with Crippen LogP contribution in [0.25, 0.3) is 22.4 Å². The molecule has 0 bridgehead atoms. The summed E-state index contributed by atoms with van der Waals surface area (Å²) in [4.78, 5) is 23.5. The van der Waals surface area contributed by atoms with Crippen molar-refractivity contribution in [2.45, 2.75) is 19.5 Å². The highest BCUT2D eigenvalue weighted by atomic mass is 15.1. The first-order chi connectivity index (χ1) is 12.9. The molecule has 0 radical (unpaired) electrons. The smallest absolute Gasteiger partial charge is 0.160 e. The van der Waals surface area contributed by atoms with Gasteiger partial charge in [-0.15, -0.1) is 0 Å². The van der Waals surface area contributed by atoms with Gasteiger partial charge in [-0.05, 0) is 29.8 Å². The predicted molar refractivity (Wildman–Crippen MR) is 99.2 cm³/mol. The van der Waals surface area contributed by atoms with Crippen LogP contribution >= 0.6 is 0 Å². The van der Waals surface area contributed by atoms with Crippen molar-refractivity contribution in [2.75, 3.05) is 6.54 Å². The third kappa shape index (κ3) is 2.74. The summed E-state index contributed by atoms with van der Waals surface area (Å²) in [5.74, 6) is 0.757. The van der Waals surface area contributed by atoms with Crippen LogP contribution in [-0.4, -0.2) is 36.4 Å². The molecule has 0 atom stereocenters. The second-order valence-electron chi connectivity index (χ2n) is 6.58. The number of aromatic nitrogens is 5. The Hall–Kier alpha value is -3.12. The molecule has 26 heavy (non-hydrogen) atoms. The summed E-state index contributed by atoms with van der Waals surface area (Å²) >= 11 is 0. The molecule has 4 aromatic heterocycles. The van der Waals surface area contributed by atoms with E-state index in [2.05, 4.69) is 37.1 Å². The Morgan fingerprint density at radius 1 is 1.08 bits per heavy atom. The van der Waals surface area contributed by atoms with Gasteiger partial charge in [0, 0.05) is 73.6 Å². The van der Waals surface area contributed by atoms with Gasteiger partial charge in [-0.25, -0.2) is 15.0 Å². The maximum Gasteiger partial charge on any atom is 0.160 e. The first-order valence-corrected chi connectivity index (χ1v) is 8.75. The van der Waals surface area contributed by atoms with E-state index in [0.29, 0.717) is 0 Å². The van der Waals surface area contributed by atoms with Crippen LogP contribution in [0.1, 0.15) is 16.8 Å². The molecule has 0 amide bonds. The van der Waals surface area contributed by atoms with Gasteiger partial charge in [0.25, 0.3) is 0 Å². The Morgan fingerprint density at radius 3 is 2.96 bits per heavy atom. The van der Waals surface area contributed by atoms with Gasteiger partial charge >= 0.3 is 0 Å². The van der Waals surface area contributed by atoms with Gasteiger partial charge in [0.15, 0.2) is 5.82 Å². The topological polar surface area (TPSA) is 70.6 Å². The largest absolute Gasteiger partial charge is 0.346 e. The number of nitrogens with one attached hydrogen (secondary N) is 1. The maximum atomic E-state index is 4.77. The van der Waals surface area contributed by atoms with Crippen LogP contribution in [0.4, 0.5) is 0 Å². The molecule has 5 rings (SSSR count). The number of fused-ring (bicyclic) bond motifs is 2. The summed E-state index contributed by atoms with van der Waals surface area (Å²) in [6.45, 7) is 2.76. The quantitative estimate of drug-likeness (QED) is 0.620. The lowest BCUT2D eigenvalue weighted by Crippen LogP contribution is -2.30. The monoisotopic (exact) mass is 342 g/mol. The van der Waals surface area contributed by atoms with E-state index < -0.39 is 0 Å². The molecule has 1 aliphatic rings. The molecule has 6 heteroatoms. The summed E-state index contributed by atoms with van der Waals surface area (Å²) in [5.41, 5.74) is 5.55. The van der Waals surface area contributed by atoms with Gasteiger partial charge in [-0.2, -0.15) is 0 Å². The van der Waals surface area contributed by atoms with Crippen molar-refractivity contribution in [1.29, 1.82) is 0 Å². The van der Waals surface area contributed by atoms with Gasteiger partial charge < -0.3 is 4.98 Å². The van der Waals surface area contributed by atoms with Crippen LogP contribution in [0, 0.1) is 0 Å². The first kappa shape index (κ1) is 15.2.